The zero-order chi connectivity index (χ0) is 17.4. The minimum Gasteiger partial charge on any atom is -0.482 e. The van der Waals surface area contributed by atoms with Crippen molar-refractivity contribution in [1.82, 2.24) is 9.88 Å². The van der Waals surface area contributed by atoms with Gasteiger partial charge in [-0.25, -0.2) is 4.98 Å². The van der Waals surface area contributed by atoms with Crippen LogP contribution in [0, 0.1) is 0 Å². The van der Waals surface area contributed by atoms with Crippen molar-refractivity contribution in [2.75, 3.05) is 30.3 Å². The van der Waals surface area contributed by atoms with E-state index in [-0.39, 0.29) is 18.4 Å². The van der Waals surface area contributed by atoms with Crippen LogP contribution in [0.15, 0.2) is 18.2 Å². The Balaban J connectivity index is 1.49. The zero-order valence-electron chi connectivity index (χ0n) is 13.8. The van der Waals surface area contributed by atoms with Gasteiger partial charge in [0.05, 0.1) is 11.4 Å². The number of benzene rings is 1. The van der Waals surface area contributed by atoms with Crippen molar-refractivity contribution in [2.45, 2.75) is 19.9 Å². The van der Waals surface area contributed by atoms with E-state index in [4.69, 9.17) is 4.74 Å². The molecule has 0 saturated carbocycles. The Morgan fingerprint density at radius 2 is 2.36 bits per heavy atom. The summed E-state index contributed by atoms with van der Waals surface area (Å²) in [5.74, 6) is 0.0743. The minimum absolute atomic E-state index is 0.0365. The van der Waals surface area contributed by atoms with E-state index in [1.807, 2.05) is 0 Å². The normalized spacial score (nSPS) is 16.4. The fourth-order valence-corrected chi connectivity index (χ4v) is 4.00. The summed E-state index contributed by atoms with van der Waals surface area (Å²) in [6.45, 7) is 5.03. The molecule has 0 radical (unpaired) electrons. The van der Waals surface area contributed by atoms with Crippen molar-refractivity contribution in [2.24, 2.45) is 0 Å². The molecule has 0 saturated heterocycles. The monoisotopic (exact) mass is 358 g/mol. The van der Waals surface area contributed by atoms with Crippen LogP contribution in [0.3, 0.4) is 0 Å². The SMILES string of the molecule is CCN1CCc2nc(NC(=O)c3ccc4c(c3)OCC(=O)N4)sc2C1. The fraction of sp³-hybridized carbons (Fsp3) is 0.353. The Morgan fingerprint density at radius 1 is 1.48 bits per heavy atom. The van der Waals surface area contributed by atoms with E-state index in [0.717, 1.165) is 31.7 Å². The van der Waals surface area contributed by atoms with E-state index in [0.29, 0.717) is 22.1 Å². The van der Waals surface area contributed by atoms with E-state index in [1.54, 1.807) is 18.2 Å². The van der Waals surface area contributed by atoms with Crippen molar-refractivity contribution in [1.29, 1.82) is 0 Å². The minimum atomic E-state index is -0.234. The van der Waals surface area contributed by atoms with Gasteiger partial charge in [0.15, 0.2) is 11.7 Å². The number of carbonyl (C=O) groups excluding carboxylic acids is 2. The topological polar surface area (TPSA) is 83.6 Å². The zero-order valence-corrected chi connectivity index (χ0v) is 14.6. The third-order valence-electron chi connectivity index (χ3n) is 4.35. The van der Waals surface area contributed by atoms with Crippen LogP contribution in [0.5, 0.6) is 5.75 Å². The highest BCUT2D eigenvalue weighted by Gasteiger charge is 2.22. The van der Waals surface area contributed by atoms with Crippen molar-refractivity contribution < 1.29 is 14.3 Å². The molecule has 2 aliphatic heterocycles. The number of likely N-dealkylation sites (N-methyl/N-ethyl adjacent to an activating group) is 1. The Labute approximate surface area is 149 Å². The van der Waals surface area contributed by atoms with Gasteiger partial charge in [0.2, 0.25) is 0 Å². The number of nitrogens with one attached hydrogen (secondary N) is 2. The first-order valence-electron chi connectivity index (χ1n) is 8.21. The first kappa shape index (κ1) is 16.0. The Kier molecular flexibility index (Phi) is 4.14. The van der Waals surface area contributed by atoms with Gasteiger partial charge in [-0.2, -0.15) is 0 Å². The molecule has 2 N–H and O–H groups in total. The van der Waals surface area contributed by atoms with Gasteiger partial charge in [-0.3, -0.25) is 19.8 Å². The van der Waals surface area contributed by atoms with E-state index < -0.39 is 0 Å². The predicted octanol–water partition coefficient (Wildman–Crippen LogP) is 2.10. The third kappa shape index (κ3) is 3.22. The van der Waals surface area contributed by atoms with Gasteiger partial charge in [-0.05, 0) is 24.7 Å². The number of hydrogen-bond donors (Lipinski definition) is 2. The summed E-state index contributed by atoms with van der Waals surface area (Å²) in [5, 5.41) is 6.20. The molecule has 2 aliphatic rings. The Bertz CT molecular complexity index is 848. The Morgan fingerprint density at radius 3 is 3.20 bits per heavy atom. The number of aromatic nitrogens is 1. The quantitative estimate of drug-likeness (QED) is 0.878. The maximum Gasteiger partial charge on any atom is 0.262 e. The van der Waals surface area contributed by atoms with Crippen LogP contribution >= 0.6 is 11.3 Å². The number of anilines is 2. The van der Waals surface area contributed by atoms with Gasteiger partial charge < -0.3 is 10.1 Å². The first-order valence-corrected chi connectivity index (χ1v) is 9.03. The standard InChI is InChI=1S/C17H18N4O3S/c1-2-21-6-5-12-14(8-21)25-17(19-12)20-16(23)10-3-4-11-13(7-10)24-9-15(22)18-11/h3-4,7H,2,5-6,8-9H2,1H3,(H,18,22)(H,19,20,23). The molecular formula is C17H18N4O3S. The maximum atomic E-state index is 12.5. The summed E-state index contributed by atoms with van der Waals surface area (Å²) in [6, 6.07) is 4.97. The number of hydrogen-bond acceptors (Lipinski definition) is 6. The average molecular weight is 358 g/mol. The average Bonchev–Trinajstić information content (AvgIpc) is 3.02. The molecule has 0 aliphatic carbocycles. The number of rotatable bonds is 3. The molecule has 7 nitrogen and oxygen atoms in total. The van der Waals surface area contributed by atoms with Crippen LogP contribution < -0.4 is 15.4 Å². The van der Waals surface area contributed by atoms with E-state index >= 15 is 0 Å². The fourth-order valence-electron chi connectivity index (χ4n) is 2.96. The lowest BCUT2D eigenvalue weighted by atomic mass is 10.1. The molecular weight excluding hydrogens is 340 g/mol. The second-order valence-electron chi connectivity index (χ2n) is 6.01. The Hall–Kier alpha value is -2.45. The van der Waals surface area contributed by atoms with Crippen LogP contribution in [0.25, 0.3) is 0 Å². The molecule has 2 aromatic rings. The van der Waals surface area contributed by atoms with Crippen LogP contribution in [0.2, 0.25) is 0 Å². The predicted molar refractivity (Wildman–Crippen MR) is 95.3 cm³/mol. The van der Waals surface area contributed by atoms with Crippen molar-refractivity contribution in [3.05, 3.63) is 34.3 Å². The van der Waals surface area contributed by atoms with Gasteiger partial charge in [-0.15, -0.1) is 11.3 Å². The highest BCUT2D eigenvalue weighted by Crippen LogP contribution is 2.30. The number of amides is 2. The molecule has 0 spiro atoms. The van der Waals surface area contributed by atoms with Crippen LogP contribution in [0.1, 0.15) is 27.9 Å². The van der Waals surface area contributed by atoms with Crippen molar-refractivity contribution in [3.8, 4) is 5.75 Å². The molecule has 0 bridgehead atoms. The highest BCUT2D eigenvalue weighted by molar-refractivity contribution is 7.15. The number of ether oxygens (including phenoxy) is 1. The largest absolute Gasteiger partial charge is 0.482 e. The number of thiazole rings is 1. The number of fused-ring (bicyclic) bond motifs is 2. The summed E-state index contributed by atoms with van der Waals surface area (Å²) in [7, 11) is 0. The van der Waals surface area contributed by atoms with E-state index in [2.05, 4.69) is 27.4 Å². The summed E-state index contributed by atoms with van der Waals surface area (Å²) in [4.78, 5) is 31.9. The molecule has 1 aromatic carbocycles. The lowest BCUT2D eigenvalue weighted by Gasteiger charge is -2.23. The summed E-state index contributed by atoms with van der Waals surface area (Å²) < 4.78 is 5.36. The van der Waals surface area contributed by atoms with Crippen LogP contribution in [-0.2, 0) is 17.8 Å². The molecule has 0 atom stereocenters. The van der Waals surface area contributed by atoms with E-state index in [1.165, 1.54) is 16.2 Å². The molecule has 0 unspecified atom stereocenters. The molecule has 3 heterocycles. The lowest BCUT2D eigenvalue weighted by molar-refractivity contribution is -0.118. The molecule has 130 valence electrons. The maximum absolute atomic E-state index is 12.5. The second-order valence-corrected chi connectivity index (χ2v) is 7.09. The van der Waals surface area contributed by atoms with Gasteiger partial charge in [0, 0.05) is 30.0 Å². The molecule has 4 rings (SSSR count). The third-order valence-corrected chi connectivity index (χ3v) is 5.35. The van der Waals surface area contributed by atoms with Gasteiger partial charge in [0.1, 0.15) is 5.75 Å². The van der Waals surface area contributed by atoms with Crippen LogP contribution in [0.4, 0.5) is 10.8 Å². The first-order chi connectivity index (χ1) is 12.1. The summed E-state index contributed by atoms with van der Waals surface area (Å²) >= 11 is 1.53. The molecule has 2 amide bonds. The molecule has 8 heteroatoms. The summed E-state index contributed by atoms with van der Waals surface area (Å²) in [6.07, 6.45) is 0.919. The van der Waals surface area contributed by atoms with Gasteiger partial charge in [-0.1, -0.05) is 6.92 Å². The highest BCUT2D eigenvalue weighted by atomic mass is 32.1. The second kappa shape index (κ2) is 6.45. The van der Waals surface area contributed by atoms with Crippen LogP contribution in [-0.4, -0.2) is 41.4 Å². The van der Waals surface area contributed by atoms with Gasteiger partial charge >= 0.3 is 0 Å². The molecule has 25 heavy (non-hydrogen) atoms. The smallest absolute Gasteiger partial charge is 0.262 e. The van der Waals surface area contributed by atoms with E-state index in [9.17, 15) is 9.59 Å². The number of carbonyl (C=O) groups is 2. The number of nitrogens with zero attached hydrogens (tertiary/aromatic N) is 2. The van der Waals surface area contributed by atoms with Crippen molar-refractivity contribution in [3.63, 3.8) is 0 Å². The summed E-state index contributed by atoms with van der Waals surface area (Å²) in [5.41, 5.74) is 2.14. The molecule has 0 fully saturated rings. The lowest BCUT2D eigenvalue weighted by Crippen LogP contribution is -2.29. The van der Waals surface area contributed by atoms with Crippen molar-refractivity contribution >= 4 is 34.0 Å². The van der Waals surface area contributed by atoms with Gasteiger partial charge in [0.25, 0.3) is 11.8 Å². The molecule has 1 aromatic heterocycles.